The van der Waals surface area contributed by atoms with Crippen molar-refractivity contribution in [1.82, 2.24) is 5.32 Å². The number of benzene rings is 3. The molecule has 2 amide bonds. The predicted molar refractivity (Wildman–Crippen MR) is 145 cm³/mol. The number of para-hydroxylation sites is 1. The number of nitrogens with one attached hydrogen (secondary N) is 2. The Hall–Kier alpha value is -3.65. The van der Waals surface area contributed by atoms with Crippen molar-refractivity contribution in [1.29, 1.82) is 0 Å². The Morgan fingerprint density at radius 3 is 2.28 bits per heavy atom. The molecule has 0 atom stereocenters. The van der Waals surface area contributed by atoms with Gasteiger partial charge in [0.05, 0.1) is 23.2 Å². The fourth-order valence-electron chi connectivity index (χ4n) is 3.81. The van der Waals surface area contributed by atoms with Crippen LogP contribution in [0.1, 0.15) is 39.9 Å². The monoisotopic (exact) mass is 507 g/mol. The minimum atomic E-state index is -3.50. The van der Waals surface area contributed by atoms with Crippen molar-refractivity contribution in [3.63, 3.8) is 0 Å². The van der Waals surface area contributed by atoms with Gasteiger partial charge >= 0.3 is 0 Å². The summed E-state index contributed by atoms with van der Waals surface area (Å²) < 4.78 is 26.1. The molecule has 0 heterocycles. The van der Waals surface area contributed by atoms with Crippen molar-refractivity contribution in [2.75, 3.05) is 29.0 Å². The van der Waals surface area contributed by atoms with E-state index in [1.165, 1.54) is 4.31 Å². The average Bonchev–Trinajstić information content (AvgIpc) is 2.84. The highest BCUT2D eigenvalue weighted by Crippen LogP contribution is 2.22. The zero-order chi connectivity index (χ0) is 26.1. The van der Waals surface area contributed by atoms with Crippen molar-refractivity contribution in [3.8, 4) is 0 Å². The van der Waals surface area contributed by atoms with Gasteiger partial charge in [-0.3, -0.25) is 13.9 Å². The third-order valence-corrected chi connectivity index (χ3v) is 7.13. The summed E-state index contributed by atoms with van der Waals surface area (Å²) in [7, 11) is -3.50. The van der Waals surface area contributed by atoms with Gasteiger partial charge < -0.3 is 10.6 Å². The van der Waals surface area contributed by atoms with Gasteiger partial charge in [-0.15, -0.1) is 0 Å². The molecule has 0 saturated heterocycles. The van der Waals surface area contributed by atoms with Crippen LogP contribution in [-0.4, -0.2) is 39.6 Å². The third-order valence-electron chi connectivity index (χ3n) is 5.93. The van der Waals surface area contributed by atoms with E-state index in [1.54, 1.807) is 30.3 Å². The van der Waals surface area contributed by atoms with Gasteiger partial charge in [0.1, 0.15) is 0 Å². The molecule has 8 heteroatoms. The van der Waals surface area contributed by atoms with Crippen LogP contribution >= 0.6 is 0 Å². The molecule has 0 aliphatic heterocycles. The molecule has 0 fully saturated rings. The predicted octanol–water partition coefficient (Wildman–Crippen LogP) is 4.46. The number of aryl methyl sites for hydroxylation is 2. The molecular weight excluding hydrogens is 474 g/mol. The van der Waals surface area contributed by atoms with Crippen LogP contribution in [0.25, 0.3) is 0 Å². The Labute approximate surface area is 213 Å². The van der Waals surface area contributed by atoms with Gasteiger partial charge in [0.15, 0.2) is 0 Å². The van der Waals surface area contributed by atoms with Crippen molar-refractivity contribution in [2.45, 2.75) is 33.1 Å². The molecule has 0 saturated carbocycles. The number of hydrogen-bond donors (Lipinski definition) is 2. The first kappa shape index (κ1) is 26.9. The highest BCUT2D eigenvalue weighted by atomic mass is 32.2. The minimum Gasteiger partial charge on any atom is -0.352 e. The lowest BCUT2D eigenvalue weighted by molar-refractivity contribution is -0.116. The summed E-state index contributed by atoms with van der Waals surface area (Å²) in [5, 5.41) is 5.70. The summed E-state index contributed by atoms with van der Waals surface area (Å²) in [6.07, 6.45) is 2.31. The number of amides is 2. The minimum absolute atomic E-state index is 0.112. The second-order valence-electron chi connectivity index (χ2n) is 8.79. The van der Waals surface area contributed by atoms with E-state index in [9.17, 15) is 18.0 Å². The molecule has 0 aliphatic carbocycles. The molecule has 36 heavy (non-hydrogen) atoms. The van der Waals surface area contributed by atoms with Crippen LogP contribution in [0.3, 0.4) is 0 Å². The largest absolute Gasteiger partial charge is 0.352 e. The first-order chi connectivity index (χ1) is 17.1. The number of sulfonamides is 1. The molecule has 0 radical (unpaired) electrons. The number of carbonyl (C=O) groups excluding carboxylic acids is 2. The van der Waals surface area contributed by atoms with E-state index in [-0.39, 0.29) is 24.8 Å². The van der Waals surface area contributed by atoms with Crippen molar-refractivity contribution >= 4 is 33.2 Å². The molecule has 0 aromatic heterocycles. The summed E-state index contributed by atoms with van der Waals surface area (Å²) in [6.45, 7) is 4.55. The Bertz CT molecular complexity index is 1310. The van der Waals surface area contributed by atoms with Crippen LogP contribution in [0.15, 0.2) is 72.8 Å². The van der Waals surface area contributed by atoms with Crippen LogP contribution in [0, 0.1) is 13.8 Å². The fraction of sp³-hybridized carbons (Fsp3) is 0.286. The lowest BCUT2D eigenvalue weighted by Gasteiger charge is -2.23. The maximum absolute atomic E-state index is 12.7. The molecule has 190 valence electrons. The normalized spacial score (nSPS) is 11.1. The summed E-state index contributed by atoms with van der Waals surface area (Å²) in [5.41, 5.74) is 4.59. The van der Waals surface area contributed by atoms with Gasteiger partial charge in [0.2, 0.25) is 15.9 Å². The van der Waals surface area contributed by atoms with Gasteiger partial charge in [-0.05, 0) is 67.6 Å². The molecule has 3 rings (SSSR count). The Balaban J connectivity index is 1.56. The second kappa shape index (κ2) is 12.4. The summed E-state index contributed by atoms with van der Waals surface area (Å²) >= 11 is 0. The lowest BCUT2D eigenvalue weighted by Crippen LogP contribution is -2.31. The van der Waals surface area contributed by atoms with E-state index in [0.717, 1.165) is 22.9 Å². The number of hydrogen-bond acceptors (Lipinski definition) is 4. The highest BCUT2D eigenvalue weighted by Gasteiger charge is 2.19. The van der Waals surface area contributed by atoms with Crippen molar-refractivity contribution in [3.05, 3.63) is 95.1 Å². The van der Waals surface area contributed by atoms with Crippen molar-refractivity contribution < 1.29 is 18.0 Å². The lowest BCUT2D eigenvalue weighted by atomic mass is 10.1. The molecule has 0 bridgehead atoms. The van der Waals surface area contributed by atoms with Gasteiger partial charge in [-0.1, -0.05) is 48.5 Å². The zero-order valence-electron chi connectivity index (χ0n) is 21.0. The standard InChI is InChI=1S/C28H33N3O4S/c1-21-15-16-24(20-22(21)2)31(36(3,34)35)19-9-14-27(32)30-26-13-8-7-12-25(26)28(33)29-18-17-23-10-5-4-6-11-23/h4-8,10-13,15-16,20H,9,14,17-19H2,1-3H3,(H,29,33)(H,30,32). The molecule has 7 nitrogen and oxygen atoms in total. The van der Waals surface area contributed by atoms with Crippen LogP contribution in [0.5, 0.6) is 0 Å². The summed E-state index contributed by atoms with van der Waals surface area (Å²) in [4.78, 5) is 25.4. The smallest absolute Gasteiger partial charge is 0.253 e. The summed E-state index contributed by atoms with van der Waals surface area (Å²) in [5.74, 6) is -0.548. The van der Waals surface area contributed by atoms with E-state index in [1.807, 2.05) is 56.3 Å². The molecule has 0 unspecified atom stereocenters. The fourth-order valence-corrected chi connectivity index (χ4v) is 4.77. The van der Waals surface area contributed by atoms with Crippen LogP contribution in [-0.2, 0) is 21.2 Å². The molecule has 0 spiro atoms. The summed E-state index contributed by atoms with van der Waals surface area (Å²) in [6, 6.07) is 22.2. The number of nitrogens with zero attached hydrogens (tertiary/aromatic N) is 1. The van der Waals surface area contributed by atoms with Crippen LogP contribution in [0.4, 0.5) is 11.4 Å². The van der Waals surface area contributed by atoms with Crippen LogP contribution < -0.4 is 14.9 Å². The van der Waals surface area contributed by atoms with Gasteiger partial charge in [0, 0.05) is 19.5 Å². The Morgan fingerprint density at radius 1 is 0.889 bits per heavy atom. The maximum Gasteiger partial charge on any atom is 0.253 e. The van der Waals surface area contributed by atoms with Gasteiger partial charge in [-0.2, -0.15) is 0 Å². The number of carbonyl (C=O) groups is 2. The topological polar surface area (TPSA) is 95.6 Å². The van der Waals surface area contributed by atoms with E-state index >= 15 is 0 Å². The molecule has 2 N–H and O–H groups in total. The number of rotatable bonds is 11. The Morgan fingerprint density at radius 2 is 1.58 bits per heavy atom. The molecule has 3 aromatic carbocycles. The van der Waals surface area contributed by atoms with E-state index in [2.05, 4.69) is 10.6 Å². The first-order valence-electron chi connectivity index (χ1n) is 11.9. The van der Waals surface area contributed by atoms with E-state index in [0.29, 0.717) is 36.3 Å². The third kappa shape index (κ3) is 7.68. The van der Waals surface area contributed by atoms with E-state index < -0.39 is 10.0 Å². The molecular formula is C28H33N3O4S. The first-order valence-corrected chi connectivity index (χ1v) is 13.8. The Kier molecular flexibility index (Phi) is 9.25. The highest BCUT2D eigenvalue weighted by molar-refractivity contribution is 7.92. The zero-order valence-corrected chi connectivity index (χ0v) is 21.8. The van der Waals surface area contributed by atoms with Crippen LogP contribution in [0.2, 0.25) is 0 Å². The maximum atomic E-state index is 12.7. The van der Waals surface area contributed by atoms with Gasteiger partial charge in [-0.25, -0.2) is 8.42 Å². The second-order valence-corrected chi connectivity index (χ2v) is 10.7. The number of anilines is 2. The average molecular weight is 508 g/mol. The quantitative estimate of drug-likeness (QED) is 0.401. The van der Waals surface area contributed by atoms with Crippen molar-refractivity contribution in [2.24, 2.45) is 0 Å². The molecule has 0 aliphatic rings. The van der Waals surface area contributed by atoms with Gasteiger partial charge in [0.25, 0.3) is 5.91 Å². The van der Waals surface area contributed by atoms with E-state index in [4.69, 9.17) is 0 Å². The molecule has 3 aromatic rings. The SMILES string of the molecule is Cc1ccc(N(CCCC(=O)Nc2ccccc2C(=O)NCCc2ccccc2)S(C)(=O)=O)cc1C.